The molecule has 0 aliphatic heterocycles. The van der Waals surface area contributed by atoms with Crippen LogP contribution in [0.5, 0.6) is 0 Å². The maximum absolute atomic E-state index is 11.2. The lowest BCUT2D eigenvalue weighted by Crippen LogP contribution is -2.01. The van der Waals surface area contributed by atoms with Gasteiger partial charge in [0.1, 0.15) is 0 Å². The largest absolute Gasteiger partial charge is 0.465 e. The molecule has 0 radical (unpaired) electrons. The number of carbonyl (C=O) groups is 1. The minimum Gasteiger partial charge on any atom is -0.465 e. The Morgan fingerprint density at radius 2 is 1.52 bits per heavy atom. The summed E-state index contributed by atoms with van der Waals surface area (Å²) in [5.41, 5.74) is 1.65. The van der Waals surface area contributed by atoms with Crippen molar-refractivity contribution in [3.05, 3.63) is 35.4 Å². The zero-order valence-corrected chi connectivity index (χ0v) is 16.3. The van der Waals surface area contributed by atoms with E-state index in [4.69, 9.17) is 9.84 Å². The van der Waals surface area contributed by atoms with E-state index in [0.29, 0.717) is 18.8 Å². The quantitative estimate of drug-likeness (QED) is 0.418. The molecule has 1 rings (SSSR count). The highest BCUT2D eigenvalue weighted by atomic mass is 16.5. The fraction of sp³-hybridized carbons (Fsp3) is 0.667. The molecule has 0 spiro atoms. The van der Waals surface area contributed by atoms with Gasteiger partial charge >= 0.3 is 5.97 Å². The number of hydrogen-bond acceptors (Lipinski definition) is 4. The Labute approximate surface area is 153 Å². The van der Waals surface area contributed by atoms with Gasteiger partial charge in [-0.25, -0.2) is 4.79 Å². The fourth-order valence-corrected chi connectivity index (χ4v) is 2.21. The Morgan fingerprint density at radius 1 is 0.920 bits per heavy atom. The molecule has 0 saturated heterocycles. The monoisotopic (exact) mass is 352 g/mol. The van der Waals surface area contributed by atoms with Gasteiger partial charge in [-0.3, -0.25) is 0 Å². The molecule has 1 N–H and O–H groups in total. The Hall–Kier alpha value is -1.39. The van der Waals surface area contributed by atoms with Crippen LogP contribution in [-0.2, 0) is 16.1 Å². The summed E-state index contributed by atoms with van der Waals surface area (Å²) < 4.78 is 10.2. The van der Waals surface area contributed by atoms with Crippen LogP contribution in [0.25, 0.3) is 0 Å². The topological polar surface area (TPSA) is 55.8 Å². The molecule has 4 nitrogen and oxygen atoms in total. The van der Waals surface area contributed by atoms with Crippen LogP contribution < -0.4 is 0 Å². The fourth-order valence-electron chi connectivity index (χ4n) is 2.21. The minimum atomic E-state index is -0.304. The molecule has 0 fully saturated rings. The molecule has 1 aromatic rings. The lowest BCUT2D eigenvalue weighted by Gasteiger charge is -2.05. The number of hydrogen-bond donors (Lipinski definition) is 1. The average Bonchev–Trinajstić information content (AvgIpc) is 2.65. The molecule has 4 heteroatoms. The summed E-state index contributed by atoms with van der Waals surface area (Å²) in [4.78, 5) is 11.2. The molecular formula is C21H36O4. The zero-order valence-electron chi connectivity index (χ0n) is 16.3. The minimum absolute atomic E-state index is 0.304. The smallest absolute Gasteiger partial charge is 0.337 e. The van der Waals surface area contributed by atoms with E-state index >= 15 is 0 Å². The van der Waals surface area contributed by atoms with Crippen molar-refractivity contribution >= 4 is 5.97 Å². The van der Waals surface area contributed by atoms with E-state index in [-0.39, 0.29) is 5.97 Å². The van der Waals surface area contributed by atoms with Crippen molar-refractivity contribution < 1.29 is 19.4 Å². The van der Waals surface area contributed by atoms with E-state index in [1.807, 2.05) is 12.1 Å². The van der Waals surface area contributed by atoms with Crippen molar-refractivity contribution in [2.24, 2.45) is 0 Å². The van der Waals surface area contributed by atoms with Crippen molar-refractivity contribution in [1.82, 2.24) is 0 Å². The van der Waals surface area contributed by atoms with Gasteiger partial charge in [0.25, 0.3) is 0 Å². The van der Waals surface area contributed by atoms with Gasteiger partial charge in [0.15, 0.2) is 0 Å². The summed E-state index contributed by atoms with van der Waals surface area (Å²) in [5.74, 6) is -0.304. The van der Waals surface area contributed by atoms with Gasteiger partial charge < -0.3 is 14.6 Å². The number of aliphatic hydroxyl groups is 1. The molecule has 0 aliphatic rings. The highest BCUT2D eigenvalue weighted by Crippen LogP contribution is 2.08. The molecule has 25 heavy (non-hydrogen) atoms. The predicted octanol–water partition coefficient (Wildman–Crippen LogP) is 5.13. The number of methoxy groups -OCH3 is 1. The molecule has 0 unspecified atom stereocenters. The standard InChI is InChI=1S/C15H22O3.C6H14O/c1-3-4-5-6-11-18-12-13-7-9-14(10-8-13)15(16)17-2;1-2-3-4-5-6-7/h7-10H,3-6,11-12H2,1-2H3;7H,2-6H2,1H3. The summed E-state index contributed by atoms with van der Waals surface area (Å²) in [6.07, 6.45) is 9.55. The number of benzene rings is 1. The van der Waals surface area contributed by atoms with Gasteiger partial charge in [-0.15, -0.1) is 0 Å². The number of aliphatic hydroxyl groups excluding tert-OH is 1. The third kappa shape index (κ3) is 13.6. The van der Waals surface area contributed by atoms with Crippen LogP contribution in [0, 0.1) is 0 Å². The highest BCUT2D eigenvalue weighted by Gasteiger charge is 2.03. The van der Waals surface area contributed by atoms with Crippen LogP contribution in [0.3, 0.4) is 0 Å². The summed E-state index contributed by atoms with van der Waals surface area (Å²) in [7, 11) is 1.38. The van der Waals surface area contributed by atoms with Crippen LogP contribution >= 0.6 is 0 Å². The van der Waals surface area contributed by atoms with E-state index in [1.54, 1.807) is 12.1 Å². The predicted molar refractivity (Wildman–Crippen MR) is 103 cm³/mol. The average molecular weight is 353 g/mol. The van der Waals surface area contributed by atoms with Gasteiger partial charge in [0, 0.05) is 13.2 Å². The van der Waals surface area contributed by atoms with Crippen molar-refractivity contribution in [3.8, 4) is 0 Å². The molecule has 144 valence electrons. The normalized spacial score (nSPS) is 10.1. The highest BCUT2D eigenvalue weighted by molar-refractivity contribution is 5.89. The second-order valence-electron chi connectivity index (χ2n) is 6.09. The first-order chi connectivity index (χ1) is 12.2. The Balaban J connectivity index is 0.000000697. The lowest BCUT2D eigenvalue weighted by atomic mass is 10.1. The maximum atomic E-state index is 11.2. The zero-order chi connectivity index (χ0) is 18.8. The maximum Gasteiger partial charge on any atom is 0.337 e. The SMILES string of the molecule is CCCCCCO.CCCCCCOCc1ccc(C(=O)OC)cc1. The molecule has 0 aliphatic carbocycles. The van der Waals surface area contributed by atoms with E-state index in [1.165, 1.54) is 45.6 Å². The third-order valence-electron chi connectivity index (χ3n) is 3.80. The van der Waals surface area contributed by atoms with Crippen LogP contribution in [0.4, 0.5) is 0 Å². The molecule has 0 aromatic heterocycles. The molecule has 0 atom stereocenters. The van der Waals surface area contributed by atoms with Gasteiger partial charge in [-0.2, -0.15) is 0 Å². The molecule has 0 bridgehead atoms. The Bertz CT molecular complexity index is 410. The van der Waals surface area contributed by atoms with Crippen LogP contribution in [0.2, 0.25) is 0 Å². The van der Waals surface area contributed by atoms with Crippen LogP contribution in [0.1, 0.15) is 81.1 Å². The van der Waals surface area contributed by atoms with Gasteiger partial charge in [0.05, 0.1) is 19.3 Å². The van der Waals surface area contributed by atoms with E-state index in [9.17, 15) is 4.79 Å². The van der Waals surface area contributed by atoms with Crippen molar-refractivity contribution in [1.29, 1.82) is 0 Å². The van der Waals surface area contributed by atoms with E-state index < -0.39 is 0 Å². The van der Waals surface area contributed by atoms with Crippen molar-refractivity contribution in [2.75, 3.05) is 20.3 Å². The Kier molecular flexibility index (Phi) is 16.5. The van der Waals surface area contributed by atoms with Gasteiger partial charge in [-0.1, -0.05) is 64.5 Å². The summed E-state index contributed by atoms with van der Waals surface area (Å²) in [5, 5.41) is 8.29. The molecule has 1 aromatic carbocycles. The first kappa shape index (κ1) is 23.6. The second kappa shape index (κ2) is 17.4. The molecule has 0 saturated carbocycles. The van der Waals surface area contributed by atoms with Gasteiger partial charge in [-0.05, 0) is 30.5 Å². The van der Waals surface area contributed by atoms with Crippen molar-refractivity contribution in [2.45, 2.75) is 71.8 Å². The third-order valence-corrected chi connectivity index (χ3v) is 3.80. The number of unbranched alkanes of at least 4 members (excludes halogenated alkanes) is 6. The molecule has 0 heterocycles. The number of rotatable bonds is 12. The number of carbonyl (C=O) groups excluding carboxylic acids is 1. The second-order valence-corrected chi connectivity index (χ2v) is 6.09. The van der Waals surface area contributed by atoms with E-state index in [0.717, 1.165) is 25.0 Å². The molecular weight excluding hydrogens is 316 g/mol. The lowest BCUT2D eigenvalue weighted by molar-refractivity contribution is 0.0600. The Morgan fingerprint density at radius 3 is 2.04 bits per heavy atom. The van der Waals surface area contributed by atoms with Crippen LogP contribution in [0.15, 0.2) is 24.3 Å². The summed E-state index contributed by atoms with van der Waals surface area (Å²) in [6, 6.07) is 7.33. The van der Waals surface area contributed by atoms with E-state index in [2.05, 4.69) is 18.6 Å². The van der Waals surface area contributed by atoms with Crippen LogP contribution in [-0.4, -0.2) is 31.4 Å². The summed E-state index contributed by atoms with van der Waals surface area (Å²) in [6.45, 7) is 6.13. The first-order valence-electron chi connectivity index (χ1n) is 9.55. The van der Waals surface area contributed by atoms with Crippen molar-refractivity contribution in [3.63, 3.8) is 0 Å². The summed E-state index contributed by atoms with van der Waals surface area (Å²) >= 11 is 0. The molecule has 0 amide bonds. The number of ether oxygens (including phenoxy) is 2. The number of esters is 1. The first-order valence-corrected chi connectivity index (χ1v) is 9.55. The van der Waals surface area contributed by atoms with Gasteiger partial charge in [0.2, 0.25) is 0 Å².